The molecule has 0 unspecified atom stereocenters. The van der Waals surface area contributed by atoms with Crippen molar-refractivity contribution in [1.29, 1.82) is 0 Å². The number of hydrogen-bond donors (Lipinski definition) is 1. The highest BCUT2D eigenvalue weighted by Crippen LogP contribution is 2.70. The Labute approximate surface area is 135 Å². The molecule has 2 saturated carbocycles. The van der Waals surface area contributed by atoms with Gasteiger partial charge in [-0.3, -0.25) is 4.79 Å². The molecule has 2 nitrogen and oxygen atoms in total. The maximum Gasteiger partial charge on any atom is 0.140 e. The van der Waals surface area contributed by atoms with Crippen LogP contribution in [0, 0.1) is 35.0 Å². The predicted octanol–water partition coefficient (Wildman–Crippen LogP) is 4.37. The summed E-state index contributed by atoms with van der Waals surface area (Å²) in [7, 11) is 0. The van der Waals surface area contributed by atoms with Crippen LogP contribution in [0.5, 0.6) is 0 Å². The van der Waals surface area contributed by atoms with Crippen LogP contribution in [0.2, 0.25) is 0 Å². The molecule has 0 aromatic heterocycles. The minimum absolute atomic E-state index is 0.0673. The molecule has 0 heterocycles. The fourth-order valence-corrected chi connectivity index (χ4v) is 6.15. The van der Waals surface area contributed by atoms with Gasteiger partial charge in [0, 0.05) is 18.3 Å². The molecule has 0 aromatic rings. The third-order valence-electron chi connectivity index (χ3n) is 7.21. The normalized spacial score (nSPS) is 51.0. The summed E-state index contributed by atoms with van der Waals surface area (Å²) in [5.74, 6) is 2.45. The van der Waals surface area contributed by atoms with Crippen molar-refractivity contribution in [3.63, 3.8) is 0 Å². The second-order valence-corrected chi connectivity index (χ2v) is 9.07. The molecule has 2 fully saturated rings. The van der Waals surface area contributed by atoms with E-state index in [-0.39, 0.29) is 17.3 Å². The van der Waals surface area contributed by atoms with Gasteiger partial charge in [0.2, 0.25) is 0 Å². The molecule has 124 valence electrons. The molecule has 6 atom stereocenters. The monoisotopic (exact) mass is 304 g/mol. The van der Waals surface area contributed by atoms with Crippen molar-refractivity contribution in [1.82, 2.24) is 0 Å². The summed E-state index contributed by atoms with van der Waals surface area (Å²) in [6, 6.07) is 0. The van der Waals surface area contributed by atoms with Crippen LogP contribution in [0.25, 0.3) is 0 Å². The zero-order chi connectivity index (χ0) is 16.3. The van der Waals surface area contributed by atoms with Gasteiger partial charge in [-0.25, -0.2) is 0 Å². The number of carbonyl (C=O) groups is 1. The number of Topliss-reactive ketones (excluding diaryl/α,β-unsaturated/α-hetero) is 1. The Morgan fingerprint density at radius 1 is 1.23 bits per heavy atom. The van der Waals surface area contributed by atoms with E-state index in [4.69, 9.17) is 0 Å². The van der Waals surface area contributed by atoms with Gasteiger partial charge in [-0.05, 0) is 62.7 Å². The summed E-state index contributed by atoms with van der Waals surface area (Å²) in [5.41, 5.74) is 0.612. The molecule has 0 saturated heterocycles. The Morgan fingerprint density at radius 3 is 2.55 bits per heavy atom. The third-order valence-corrected chi connectivity index (χ3v) is 7.21. The van der Waals surface area contributed by atoms with Crippen molar-refractivity contribution in [2.75, 3.05) is 0 Å². The van der Waals surface area contributed by atoms with E-state index in [1.807, 2.05) is 6.92 Å². The van der Waals surface area contributed by atoms with Gasteiger partial charge in [0.05, 0.1) is 5.60 Å². The first kappa shape index (κ1) is 16.2. The Hall–Kier alpha value is -0.630. The summed E-state index contributed by atoms with van der Waals surface area (Å²) < 4.78 is 0. The molecule has 22 heavy (non-hydrogen) atoms. The van der Waals surface area contributed by atoms with Crippen LogP contribution in [-0.2, 0) is 4.79 Å². The quantitative estimate of drug-likeness (QED) is 0.730. The number of ketones is 1. The molecule has 0 radical (unpaired) electrons. The van der Waals surface area contributed by atoms with E-state index in [9.17, 15) is 9.90 Å². The molecule has 0 spiro atoms. The van der Waals surface area contributed by atoms with E-state index in [1.165, 1.54) is 12.0 Å². The Morgan fingerprint density at radius 2 is 1.91 bits per heavy atom. The van der Waals surface area contributed by atoms with Crippen molar-refractivity contribution in [2.45, 2.75) is 72.3 Å². The molecule has 0 amide bonds. The fourth-order valence-electron chi connectivity index (χ4n) is 6.15. The summed E-state index contributed by atoms with van der Waals surface area (Å²) in [4.78, 5) is 13.0. The van der Waals surface area contributed by atoms with Gasteiger partial charge in [-0.15, -0.1) is 0 Å². The lowest BCUT2D eigenvalue weighted by Gasteiger charge is -2.62. The largest absolute Gasteiger partial charge is 0.390 e. The van der Waals surface area contributed by atoms with E-state index in [1.54, 1.807) is 0 Å². The fraction of sp³-hybridized carbons (Fsp3) is 0.850. The first-order chi connectivity index (χ1) is 10.2. The van der Waals surface area contributed by atoms with Crippen molar-refractivity contribution in [3.8, 4) is 0 Å². The maximum atomic E-state index is 13.0. The lowest BCUT2D eigenvalue weighted by Crippen LogP contribution is -2.64. The van der Waals surface area contributed by atoms with Crippen LogP contribution in [0.4, 0.5) is 0 Å². The van der Waals surface area contributed by atoms with E-state index in [0.29, 0.717) is 30.0 Å². The van der Waals surface area contributed by atoms with Crippen LogP contribution in [0.3, 0.4) is 0 Å². The molecule has 1 N–H and O–H groups in total. The third kappa shape index (κ3) is 2.21. The summed E-state index contributed by atoms with van der Waals surface area (Å²) in [6.07, 6.45) is 6.82. The van der Waals surface area contributed by atoms with Crippen molar-refractivity contribution < 1.29 is 9.90 Å². The highest BCUT2D eigenvalue weighted by Gasteiger charge is 2.69. The van der Waals surface area contributed by atoms with Crippen molar-refractivity contribution in [3.05, 3.63) is 11.6 Å². The molecule has 3 aliphatic rings. The zero-order valence-corrected chi connectivity index (χ0v) is 14.9. The average molecular weight is 304 g/mol. The number of carbonyl (C=O) groups excluding carboxylic acids is 1. The number of hydrogen-bond acceptors (Lipinski definition) is 2. The van der Waals surface area contributed by atoms with E-state index in [0.717, 1.165) is 19.3 Å². The molecular weight excluding hydrogens is 272 g/mol. The van der Waals surface area contributed by atoms with Gasteiger partial charge < -0.3 is 5.11 Å². The molecule has 2 heteroatoms. The summed E-state index contributed by atoms with van der Waals surface area (Å²) in [5, 5.41) is 11.2. The minimum Gasteiger partial charge on any atom is -0.390 e. The van der Waals surface area contributed by atoms with Crippen LogP contribution >= 0.6 is 0 Å². The van der Waals surface area contributed by atoms with Gasteiger partial charge in [-0.2, -0.15) is 0 Å². The summed E-state index contributed by atoms with van der Waals surface area (Å²) in [6.45, 7) is 11.0. The SMILES string of the molecule is C/C1=C\CC[C@](C)(O)[C@H]2[C@@H]3[C@@H](C(C)C)CC[C@]3(C)[C@@H]2C(=O)C1. The predicted molar refractivity (Wildman–Crippen MR) is 89.4 cm³/mol. The topological polar surface area (TPSA) is 37.3 Å². The standard InChI is InChI=1S/C20H32O2/c1-12(2)14-8-10-19(4)16(14)18-17(19)15(21)11-13(3)7-6-9-20(18,5)22/h7,12,14,16-18,22H,6,8-11H2,1-5H3/b13-7+/t14-,16+,17-,18+,19+,20+/m1/s1. The molecule has 3 rings (SSSR count). The van der Waals surface area contributed by atoms with Crippen molar-refractivity contribution in [2.24, 2.45) is 35.0 Å². The van der Waals surface area contributed by atoms with Gasteiger partial charge in [0.15, 0.2) is 0 Å². The molecule has 3 aliphatic carbocycles. The van der Waals surface area contributed by atoms with Crippen LogP contribution in [0.1, 0.15) is 66.7 Å². The second-order valence-electron chi connectivity index (χ2n) is 9.07. The molecule has 0 aromatic carbocycles. The van der Waals surface area contributed by atoms with Crippen LogP contribution < -0.4 is 0 Å². The second kappa shape index (κ2) is 5.19. The number of rotatable bonds is 1. The minimum atomic E-state index is -0.705. The lowest BCUT2D eigenvalue weighted by molar-refractivity contribution is -0.202. The van der Waals surface area contributed by atoms with Gasteiger partial charge in [0.1, 0.15) is 5.78 Å². The van der Waals surface area contributed by atoms with E-state index < -0.39 is 5.60 Å². The summed E-state index contributed by atoms with van der Waals surface area (Å²) >= 11 is 0. The van der Waals surface area contributed by atoms with E-state index in [2.05, 4.69) is 33.8 Å². The first-order valence-corrected chi connectivity index (χ1v) is 9.09. The van der Waals surface area contributed by atoms with Gasteiger partial charge in [-0.1, -0.05) is 32.4 Å². The molecule has 0 bridgehead atoms. The average Bonchev–Trinajstić information content (AvgIpc) is 2.65. The molecule has 0 aliphatic heterocycles. The number of aliphatic hydroxyl groups is 1. The van der Waals surface area contributed by atoms with Gasteiger partial charge >= 0.3 is 0 Å². The number of fused-ring (bicyclic) bond motifs is 4. The Kier molecular flexibility index (Phi) is 3.83. The van der Waals surface area contributed by atoms with Crippen LogP contribution in [0.15, 0.2) is 11.6 Å². The highest BCUT2D eigenvalue weighted by molar-refractivity contribution is 5.85. The zero-order valence-electron chi connectivity index (χ0n) is 14.9. The van der Waals surface area contributed by atoms with Gasteiger partial charge in [0.25, 0.3) is 0 Å². The van der Waals surface area contributed by atoms with E-state index >= 15 is 0 Å². The lowest BCUT2D eigenvalue weighted by atomic mass is 9.42. The van der Waals surface area contributed by atoms with Crippen LogP contribution in [-0.4, -0.2) is 16.5 Å². The molecular formula is C20H32O2. The Bertz CT molecular complexity index is 502. The highest BCUT2D eigenvalue weighted by atomic mass is 16.3. The first-order valence-electron chi connectivity index (χ1n) is 9.09. The number of allylic oxidation sites excluding steroid dienone is 2. The Balaban J connectivity index is 2.00. The smallest absolute Gasteiger partial charge is 0.140 e. The maximum absolute atomic E-state index is 13.0. The van der Waals surface area contributed by atoms with Crippen molar-refractivity contribution >= 4 is 5.78 Å².